The van der Waals surface area contributed by atoms with Crippen LogP contribution in [-0.4, -0.2) is 47.8 Å². The van der Waals surface area contributed by atoms with Crippen molar-refractivity contribution in [1.82, 2.24) is 0 Å². The summed E-state index contributed by atoms with van der Waals surface area (Å²) in [6.07, 6.45) is 22.9. The first-order chi connectivity index (χ1) is 28.2. The Balaban J connectivity index is -0.0000000632. The number of rotatable bonds is 28. The van der Waals surface area contributed by atoms with Crippen LogP contribution < -0.4 is 40.9 Å². The second-order valence-electron chi connectivity index (χ2n) is 13.0. The molecule has 0 aromatic heterocycles. The van der Waals surface area contributed by atoms with Gasteiger partial charge in [0, 0.05) is 47.8 Å². The maximum Gasteiger partial charge on any atom is 4.00 e. The van der Waals surface area contributed by atoms with Crippen molar-refractivity contribution in [2.75, 3.05) is 0 Å². The number of hydrogen-bond acceptors (Lipinski definition) is 16. The topological polar surface area (TPSA) is 321 Å². The summed E-state index contributed by atoms with van der Waals surface area (Å²) in [6.45, 7) is 14.7. The maximum atomic E-state index is 9.92. The van der Waals surface area contributed by atoms with Gasteiger partial charge in [0.1, 0.15) is 0 Å². The zero-order chi connectivity index (χ0) is 48.4. The SMILES string of the molecule is CCC(=O)[O-].CCC(=O)[O-].CCC(=O)[O-].CCC(=O)[O-].CCCCCCCC(=O)[O-].CCCCCCCC(=O)[O-].CCCCCCCC(=O)[O-].CCCCCCCC(=O)[O-].[Ru+4].[Ru+4]. The summed E-state index contributed by atoms with van der Waals surface area (Å²) in [6, 6.07) is 0. The molecule has 0 saturated carbocycles. The Morgan fingerprint density at radius 2 is 0.339 bits per heavy atom. The largest absolute Gasteiger partial charge is 4.00 e. The molecule has 0 amide bonds. The Morgan fingerprint density at radius 1 is 0.226 bits per heavy atom. The molecule has 0 fully saturated rings. The van der Waals surface area contributed by atoms with Crippen LogP contribution in [0.3, 0.4) is 0 Å². The van der Waals surface area contributed by atoms with Crippen molar-refractivity contribution in [3.63, 3.8) is 0 Å². The van der Waals surface area contributed by atoms with Crippen LogP contribution in [0.1, 0.15) is 235 Å². The van der Waals surface area contributed by atoms with Crippen LogP contribution in [0.5, 0.6) is 0 Å². The number of carboxylic acids is 8. The van der Waals surface area contributed by atoms with Gasteiger partial charge in [-0.15, -0.1) is 0 Å². The number of carboxylic acid groups (broad SMARTS) is 8. The standard InChI is InChI=1S/4C8H16O2.4C3H6O2.2Ru/c4*1-2-3-4-5-6-7-8(9)10;4*1-2-3(4)5;;/h4*2-7H2,1H3,(H,9,10);4*2H2,1H3,(H,4,5);;/q;;;;;;;;2*+4/p-8. The number of aliphatic carboxylic acids is 8. The van der Waals surface area contributed by atoms with E-state index >= 15 is 0 Å². The molecule has 0 radical (unpaired) electrons. The van der Waals surface area contributed by atoms with E-state index < -0.39 is 47.8 Å². The van der Waals surface area contributed by atoms with Crippen LogP contribution in [0.2, 0.25) is 0 Å². The van der Waals surface area contributed by atoms with Gasteiger partial charge in [0.15, 0.2) is 0 Å². The molecule has 0 rings (SSSR count). The summed E-state index contributed by atoms with van der Waals surface area (Å²) in [5, 5.41) is 76.7. The fourth-order valence-corrected chi connectivity index (χ4v) is 3.49. The molecule has 0 aliphatic rings. The van der Waals surface area contributed by atoms with Crippen molar-refractivity contribution < 1.29 is 118 Å². The molecule has 16 nitrogen and oxygen atoms in total. The third-order valence-electron chi connectivity index (χ3n) is 7.09. The van der Waals surface area contributed by atoms with Gasteiger partial charge in [-0.05, 0) is 77.0 Å². The first-order valence-electron chi connectivity index (χ1n) is 21.8. The minimum atomic E-state index is -0.995. The van der Waals surface area contributed by atoms with Gasteiger partial charge >= 0.3 is 39.0 Å². The van der Waals surface area contributed by atoms with Gasteiger partial charge in [-0.25, -0.2) is 0 Å². The van der Waals surface area contributed by atoms with Crippen LogP contribution >= 0.6 is 0 Å². The monoisotopic (exact) mass is 1070 g/mol. The average Bonchev–Trinajstić information content (AvgIpc) is 3.18. The normalized spacial score (nSPS) is 8.65. The van der Waals surface area contributed by atoms with Crippen molar-refractivity contribution in [2.45, 2.75) is 235 Å². The zero-order valence-corrected chi connectivity index (χ0v) is 42.5. The Kier molecular flexibility index (Phi) is 105. The summed E-state index contributed by atoms with van der Waals surface area (Å²) < 4.78 is 0. The minimum absolute atomic E-state index is 0. The first-order valence-corrected chi connectivity index (χ1v) is 21.8. The molecular formula is C44H80O16Ru2. The van der Waals surface area contributed by atoms with Crippen molar-refractivity contribution in [2.24, 2.45) is 0 Å². The fourth-order valence-electron chi connectivity index (χ4n) is 3.49. The van der Waals surface area contributed by atoms with Crippen LogP contribution in [0.15, 0.2) is 0 Å². The number of carbonyl (C=O) groups excluding carboxylic acids is 8. The molecule has 368 valence electrons. The molecule has 0 aliphatic carbocycles. The van der Waals surface area contributed by atoms with Crippen molar-refractivity contribution in [3.8, 4) is 0 Å². The van der Waals surface area contributed by atoms with Crippen molar-refractivity contribution in [3.05, 3.63) is 0 Å². The van der Waals surface area contributed by atoms with Gasteiger partial charge in [-0.1, -0.05) is 158 Å². The van der Waals surface area contributed by atoms with Gasteiger partial charge in [-0.3, -0.25) is 0 Å². The Bertz CT molecular complexity index is 829. The summed E-state index contributed by atoms with van der Waals surface area (Å²) in [7, 11) is 0. The second-order valence-corrected chi connectivity index (χ2v) is 13.0. The molecule has 0 aliphatic heterocycles. The molecule has 0 aromatic rings. The Morgan fingerprint density at radius 3 is 0.419 bits per heavy atom. The predicted octanol–water partition coefficient (Wildman–Crippen LogP) is 0.967. The van der Waals surface area contributed by atoms with Gasteiger partial charge in [0.05, 0.1) is 0 Å². The van der Waals surface area contributed by atoms with E-state index in [-0.39, 0.29) is 90.3 Å². The summed E-state index contributed by atoms with van der Waals surface area (Å²) in [5.41, 5.74) is 0. The molecule has 0 spiro atoms. The van der Waals surface area contributed by atoms with Gasteiger partial charge in [-0.2, -0.15) is 0 Å². The maximum absolute atomic E-state index is 9.92. The first kappa shape index (κ1) is 82.7. The molecule has 0 unspecified atom stereocenters. The molecule has 0 aromatic carbocycles. The quantitative estimate of drug-likeness (QED) is 0.0778. The fraction of sp³-hybridized carbons (Fsp3) is 0.818. The molecule has 62 heavy (non-hydrogen) atoms. The molecule has 0 atom stereocenters. The van der Waals surface area contributed by atoms with E-state index in [4.69, 9.17) is 0 Å². The van der Waals surface area contributed by atoms with Gasteiger partial charge in [0.2, 0.25) is 0 Å². The van der Waals surface area contributed by atoms with Gasteiger partial charge < -0.3 is 79.2 Å². The van der Waals surface area contributed by atoms with E-state index in [0.29, 0.717) is 0 Å². The van der Waals surface area contributed by atoms with E-state index in [2.05, 4.69) is 27.7 Å². The van der Waals surface area contributed by atoms with E-state index in [9.17, 15) is 79.2 Å². The third kappa shape index (κ3) is 164. The van der Waals surface area contributed by atoms with E-state index in [1.165, 1.54) is 79.1 Å². The molecular weight excluding hydrogens is 987 g/mol. The van der Waals surface area contributed by atoms with Crippen LogP contribution in [0, 0.1) is 0 Å². The minimum Gasteiger partial charge on any atom is -0.550 e. The van der Waals surface area contributed by atoms with Crippen molar-refractivity contribution >= 4 is 47.8 Å². The summed E-state index contributed by atoms with van der Waals surface area (Å²) in [4.78, 5) is 76.7. The second kappa shape index (κ2) is 78.5. The smallest absolute Gasteiger partial charge is 0.550 e. The number of unbranched alkanes of at least 4 members (excludes halogenated alkanes) is 16. The van der Waals surface area contributed by atoms with Crippen LogP contribution in [0.4, 0.5) is 0 Å². The van der Waals surface area contributed by atoms with Crippen LogP contribution in [0.25, 0.3) is 0 Å². The Labute approximate surface area is 399 Å². The number of carbonyl (C=O) groups is 8. The van der Waals surface area contributed by atoms with Crippen LogP contribution in [-0.2, 0) is 77.3 Å². The van der Waals surface area contributed by atoms with E-state index in [1.54, 1.807) is 0 Å². The Hall–Kier alpha value is -2.99. The van der Waals surface area contributed by atoms with Gasteiger partial charge in [0.25, 0.3) is 0 Å². The zero-order valence-electron chi connectivity index (χ0n) is 39.0. The van der Waals surface area contributed by atoms with Crippen molar-refractivity contribution in [1.29, 1.82) is 0 Å². The van der Waals surface area contributed by atoms with E-state index in [1.807, 2.05) is 0 Å². The summed E-state index contributed by atoms with van der Waals surface area (Å²) in [5.74, 6) is -7.66. The molecule has 0 bridgehead atoms. The summed E-state index contributed by atoms with van der Waals surface area (Å²) >= 11 is 0. The molecule has 0 heterocycles. The van der Waals surface area contributed by atoms with E-state index in [0.717, 1.165) is 77.0 Å². The molecule has 18 heteroatoms. The predicted molar refractivity (Wildman–Crippen MR) is 215 cm³/mol. The molecule has 0 N–H and O–H groups in total. The third-order valence-corrected chi connectivity index (χ3v) is 7.09. The average molecular weight is 1070 g/mol. The number of hydrogen-bond donors (Lipinski definition) is 0. The molecule has 0 saturated heterocycles.